The normalized spacial score (nSPS) is 45.4. The largest absolute Gasteiger partial charge is 0.393 e. The highest BCUT2D eigenvalue weighted by atomic mass is 16.3. The summed E-state index contributed by atoms with van der Waals surface area (Å²) in [5, 5.41) is 12.6. The van der Waals surface area contributed by atoms with E-state index in [1.54, 1.807) is 0 Å². The Labute approximate surface area is 115 Å². The van der Waals surface area contributed by atoms with Crippen LogP contribution in [0.1, 0.15) is 44.9 Å². The maximum atomic E-state index is 12.3. The number of hydrogen-bond donors (Lipinski definition) is 3. The highest BCUT2D eigenvalue weighted by Gasteiger charge is 2.48. The molecule has 1 amide bonds. The predicted molar refractivity (Wildman–Crippen MR) is 73.3 cm³/mol. The van der Waals surface area contributed by atoms with Crippen LogP contribution in [0.15, 0.2) is 0 Å². The summed E-state index contributed by atoms with van der Waals surface area (Å²) >= 11 is 0. The van der Waals surface area contributed by atoms with Crippen molar-refractivity contribution in [3.8, 4) is 0 Å². The molecule has 3 saturated carbocycles. The van der Waals surface area contributed by atoms with Crippen LogP contribution < -0.4 is 11.1 Å². The maximum Gasteiger partial charge on any atom is 0.224 e. The number of carbonyl (C=O) groups excluding carboxylic acids is 1. The topological polar surface area (TPSA) is 75.4 Å². The molecule has 0 heterocycles. The zero-order valence-electron chi connectivity index (χ0n) is 11.6. The van der Waals surface area contributed by atoms with Crippen LogP contribution in [0.5, 0.6) is 0 Å². The van der Waals surface area contributed by atoms with Crippen molar-refractivity contribution in [1.29, 1.82) is 0 Å². The first-order valence-electron chi connectivity index (χ1n) is 7.86. The first-order valence-corrected chi connectivity index (χ1v) is 7.86. The van der Waals surface area contributed by atoms with E-state index in [1.165, 1.54) is 12.8 Å². The summed E-state index contributed by atoms with van der Waals surface area (Å²) in [5.74, 6) is 1.92. The number of rotatable bonds is 3. The fraction of sp³-hybridized carbons (Fsp3) is 0.933. The van der Waals surface area contributed by atoms with Gasteiger partial charge in [0.15, 0.2) is 0 Å². The van der Waals surface area contributed by atoms with Crippen LogP contribution in [0.2, 0.25) is 0 Å². The molecular formula is C15H26N2O2. The average Bonchev–Trinajstić information content (AvgIpc) is 2.98. The number of nitrogens with two attached hydrogens (primary N) is 1. The molecule has 2 bridgehead atoms. The second-order valence-electron chi connectivity index (χ2n) is 6.86. The van der Waals surface area contributed by atoms with Gasteiger partial charge < -0.3 is 16.2 Å². The van der Waals surface area contributed by atoms with Crippen LogP contribution in [0.3, 0.4) is 0 Å². The van der Waals surface area contributed by atoms with Gasteiger partial charge in [-0.05, 0) is 62.7 Å². The quantitative estimate of drug-likeness (QED) is 0.714. The molecule has 3 rings (SSSR count). The Kier molecular flexibility index (Phi) is 3.81. The average molecular weight is 266 g/mol. The van der Waals surface area contributed by atoms with Gasteiger partial charge in [0.25, 0.3) is 0 Å². The van der Waals surface area contributed by atoms with E-state index in [-0.39, 0.29) is 24.0 Å². The van der Waals surface area contributed by atoms with E-state index in [0.29, 0.717) is 17.8 Å². The Morgan fingerprint density at radius 3 is 2.42 bits per heavy atom. The lowest BCUT2D eigenvalue weighted by atomic mass is 9.83. The molecule has 4 nitrogen and oxygen atoms in total. The molecular weight excluding hydrogens is 240 g/mol. The predicted octanol–water partition coefficient (Wildman–Crippen LogP) is 1.03. The molecule has 0 aliphatic heterocycles. The Balaban J connectivity index is 1.47. The molecule has 3 fully saturated rings. The Morgan fingerprint density at radius 2 is 1.79 bits per heavy atom. The third kappa shape index (κ3) is 2.65. The summed E-state index contributed by atoms with van der Waals surface area (Å²) in [6.45, 7) is 0.770. The van der Waals surface area contributed by atoms with Crippen molar-refractivity contribution in [3.63, 3.8) is 0 Å². The number of aliphatic hydroxyl groups is 1. The van der Waals surface area contributed by atoms with Gasteiger partial charge in [0, 0.05) is 12.6 Å². The standard InChI is InChI=1S/C15H26N2O2/c16-14-11-4-3-10(7-11)13(14)15(19)17-8-9-1-5-12(18)6-2-9/h9-14,18H,1-8,16H2,(H,17,19). The van der Waals surface area contributed by atoms with E-state index in [0.717, 1.165) is 38.6 Å². The first kappa shape index (κ1) is 13.4. The molecule has 108 valence electrons. The lowest BCUT2D eigenvalue weighted by molar-refractivity contribution is -0.127. The molecule has 4 atom stereocenters. The molecule has 19 heavy (non-hydrogen) atoms. The summed E-state index contributed by atoms with van der Waals surface area (Å²) < 4.78 is 0. The van der Waals surface area contributed by atoms with Crippen LogP contribution in [0.4, 0.5) is 0 Å². The molecule has 0 spiro atoms. The van der Waals surface area contributed by atoms with Gasteiger partial charge in [-0.25, -0.2) is 0 Å². The third-order valence-electron chi connectivity index (χ3n) is 5.66. The van der Waals surface area contributed by atoms with E-state index in [1.807, 2.05) is 0 Å². The van der Waals surface area contributed by atoms with Crippen LogP contribution in [-0.2, 0) is 4.79 Å². The van der Waals surface area contributed by atoms with Crippen molar-refractivity contribution in [2.75, 3.05) is 6.54 Å². The molecule has 4 heteroatoms. The van der Waals surface area contributed by atoms with E-state index in [4.69, 9.17) is 5.73 Å². The molecule has 0 saturated heterocycles. The van der Waals surface area contributed by atoms with Crippen LogP contribution in [0, 0.1) is 23.7 Å². The first-order chi connectivity index (χ1) is 9.15. The van der Waals surface area contributed by atoms with Crippen LogP contribution in [-0.4, -0.2) is 29.7 Å². The smallest absolute Gasteiger partial charge is 0.224 e. The SMILES string of the molecule is NC1C2CCC(C2)C1C(=O)NCC1CCC(O)CC1. The van der Waals surface area contributed by atoms with Crippen molar-refractivity contribution >= 4 is 5.91 Å². The number of amides is 1. The molecule has 3 aliphatic carbocycles. The Bertz CT molecular complexity index is 337. The summed E-state index contributed by atoms with van der Waals surface area (Å²) in [7, 11) is 0. The van der Waals surface area contributed by atoms with Crippen molar-refractivity contribution in [3.05, 3.63) is 0 Å². The van der Waals surface area contributed by atoms with E-state index in [9.17, 15) is 9.90 Å². The Hall–Kier alpha value is -0.610. The third-order valence-corrected chi connectivity index (χ3v) is 5.66. The molecule has 3 aliphatic rings. The minimum Gasteiger partial charge on any atom is -0.393 e. The summed E-state index contributed by atoms with van der Waals surface area (Å²) in [6.07, 6.45) is 7.28. The number of aliphatic hydroxyl groups excluding tert-OH is 1. The van der Waals surface area contributed by atoms with Gasteiger partial charge in [-0.3, -0.25) is 4.79 Å². The van der Waals surface area contributed by atoms with Gasteiger partial charge in [-0.15, -0.1) is 0 Å². The number of nitrogens with one attached hydrogen (secondary N) is 1. The minimum absolute atomic E-state index is 0.0629. The molecule has 0 aromatic heterocycles. The summed E-state index contributed by atoms with van der Waals surface area (Å²) in [5.41, 5.74) is 6.20. The van der Waals surface area contributed by atoms with E-state index >= 15 is 0 Å². The van der Waals surface area contributed by atoms with Gasteiger partial charge in [0.05, 0.1) is 12.0 Å². The van der Waals surface area contributed by atoms with Crippen molar-refractivity contribution in [2.45, 2.75) is 57.1 Å². The van der Waals surface area contributed by atoms with Gasteiger partial charge in [0.2, 0.25) is 5.91 Å². The van der Waals surface area contributed by atoms with Crippen LogP contribution in [0.25, 0.3) is 0 Å². The maximum absolute atomic E-state index is 12.3. The molecule has 4 N–H and O–H groups in total. The molecule has 0 aromatic carbocycles. The van der Waals surface area contributed by atoms with Gasteiger partial charge in [0.1, 0.15) is 0 Å². The lowest BCUT2D eigenvalue weighted by Crippen LogP contribution is -2.46. The highest BCUT2D eigenvalue weighted by Crippen LogP contribution is 2.47. The zero-order valence-corrected chi connectivity index (χ0v) is 11.6. The number of carbonyl (C=O) groups is 1. The van der Waals surface area contributed by atoms with Crippen molar-refractivity contribution in [2.24, 2.45) is 29.4 Å². The monoisotopic (exact) mass is 266 g/mol. The van der Waals surface area contributed by atoms with Gasteiger partial charge >= 0.3 is 0 Å². The van der Waals surface area contributed by atoms with Gasteiger partial charge in [-0.1, -0.05) is 0 Å². The lowest BCUT2D eigenvalue weighted by Gasteiger charge is -2.29. The molecule has 0 radical (unpaired) electrons. The molecule has 4 unspecified atom stereocenters. The number of hydrogen-bond acceptors (Lipinski definition) is 3. The van der Waals surface area contributed by atoms with E-state index < -0.39 is 0 Å². The summed E-state index contributed by atoms with van der Waals surface area (Å²) in [6, 6.07) is 0.0897. The fourth-order valence-electron chi connectivity index (χ4n) is 4.44. The number of fused-ring (bicyclic) bond motifs is 2. The van der Waals surface area contributed by atoms with Crippen molar-refractivity contribution in [1.82, 2.24) is 5.32 Å². The van der Waals surface area contributed by atoms with Gasteiger partial charge in [-0.2, -0.15) is 0 Å². The van der Waals surface area contributed by atoms with Crippen molar-refractivity contribution < 1.29 is 9.90 Å². The summed E-state index contributed by atoms with van der Waals surface area (Å²) in [4.78, 5) is 12.3. The zero-order chi connectivity index (χ0) is 13.4. The van der Waals surface area contributed by atoms with Crippen LogP contribution >= 0.6 is 0 Å². The fourth-order valence-corrected chi connectivity index (χ4v) is 4.44. The molecule has 0 aromatic rings. The second kappa shape index (κ2) is 5.41. The highest BCUT2D eigenvalue weighted by molar-refractivity contribution is 5.80. The Morgan fingerprint density at radius 1 is 1.11 bits per heavy atom. The minimum atomic E-state index is -0.119. The second-order valence-corrected chi connectivity index (χ2v) is 6.86. The van der Waals surface area contributed by atoms with E-state index in [2.05, 4.69) is 5.32 Å².